The molecule has 0 saturated carbocycles. The lowest BCUT2D eigenvalue weighted by molar-refractivity contribution is 0.416. The van der Waals surface area contributed by atoms with Gasteiger partial charge in [0.25, 0.3) is 0 Å². The third kappa shape index (κ3) is 4.54. The van der Waals surface area contributed by atoms with Crippen LogP contribution >= 0.6 is 0 Å². The normalized spacial score (nSPS) is 11.6. The molecule has 0 amide bonds. The minimum atomic E-state index is -0.352. The zero-order valence-corrected chi connectivity index (χ0v) is 19.5. The minimum absolute atomic E-state index is 0.257. The minimum Gasteiger partial charge on any atom is -0.507 e. The summed E-state index contributed by atoms with van der Waals surface area (Å²) in [6.07, 6.45) is 1.75. The van der Waals surface area contributed by atoms with E-state index in [4.69, 9.17) is 9.73 Å². The number of hydrogen-bond acceptors (Lipinski definition) is 3. The van der Waals surface area contributed by atoms with Gasteiger partial charge >= 0.3 is 0 Å². The van der Waals surface area contributed by atoms with Crippen LogP contribution < -0.4 is 4.74 Å². The van der Waals surface area contributed by atoms with Crippen molar-refractivity contribution in [2.24, 2.45) is 4.99 Å². The number of ether oxygens (including phenoxy) is 1. The number of aryl methyl sites for hydroxylation is 1. The van der Waals surface area contributed by atoms with Crippen LogP contribution in [-0.4, -0.2) is 18.4 Å². The molecule has 0 saturated heterocycles. The summed E-state index contributed by atoms with van der Waals surface area (Å²) in [5.74, 6) is 1.05. The molecule has 0 aliphatic rings. The summed E-state index contributed by atoms with van der Waals surface area (Å²) < 4.78 is 5.56. The first kappa shape index (κ1) is 22.3. The van der Waals surface area contributed by atoms with E-state index in [2.05, 4.69) is 32.0 Å². The Labute approximate surface area is 196 Å². The van der Waals surface area contributed by atoms with Crippen molar-refractivity contribution < 1.29 is 9.84 Å². The van der Waals surface area contributed by atoms with E-state index in [0.29, 0.717) is 5.56 Å². The predicted molar refractivity (Wildman–Crippen MR) is 137 cm³/mol. The zero-order valence-electron chi connectivity index (χ0n) is 19.5. The second kappa shape index (κ2) is 9.33. The highest BCUT2D eigenvalue weighted by Crippen LogP contribution is 2.40. The van der Waals surface area contributed by atoms with Crippen molar-refractivity contribution in [3.8, 4) is 22.6 Å². The Hall–Kier alpha value is -3.85. The van der Waals surface area contributed by atoms with E-state index in [0.717, 1.165) is 39.3 Å². The Bertz CT molecular complexity index is 1290. The highest BCUT2D eigenvalue weighted by molar-refractivity contribution is 5.90. The predicted octanol–water partition coefficient (Wildman–Crippen LogP) is 7.45. The number of aromatic hydroxyl groups is 1. The van der Waals surface area contributed by atoms with Gasteiger partial charge in [0.2, 0.25) is 0 Å². The number of nitrogens with zero attached hydrogens (tertiary/aromatic N) is 1. The lowest BCUT2D eigenvalue weighted by atomic mass is 9.76. The molecule has 3 nitrogen and oxygen atoms in total. The number of benzene rings is 4. The van der Waals surface area contributed by atoms with Gasteiger partial charge in [-0.2, -0.15) is 0 Å². The average Bonchev–Trinajstić information content (AvgIpc) is 2.85. The molecule has 1 N–H and O–H groups in total. The molecular formula is C30H29NO2. The summed E-state index contributed by atoms with van der Waals surface area (Å²) in [6, 6.07) is 30.2. The molecule has 0 radical (unpaired) electrons. The van der Waals surface area contributed by atoms with E-state index in [-0.39, 0.29) is 11.2 Å². The van der Waals surface area contributed by atoms with Crippen molar-refractivity contribution in [3.05, 3.63) is 113 Å². The second-order valence-corrected chi connectivity index (χ2v) is 8.72. The molecule has 166 valence electrons. The first-order chi connectivity index (χ1) is 15.9. The number of phenolic OH excluding ortho intramolecular Hbond substituents is 1. The molecule has 0 heterocycles. The van der Waals surface area contributed by atoms with Gasteiger partial charge in [0.15, 0.2) is 0 Å². The standard InChI is InChI=1S/C30H29NO2/c1-21-18-22(29(32)26(19-21)30(2,3)23-12-6-5-7-13-23)20-31-27-16-10-8-14-24(27)25-15-9-11-17-28(25)33-4/h5-20,32H,1-4H3. The Balaban J connectivity index is 1.77. The van der Waals surface area contributed by atoms with Crippen LogP contribution in [0.1, 0.15) is 36.1 Å². The van der Waals surface area contributed by atoms with Crippen molar-refractivity contribution in [1.29, 1.82) is 0 Å². The summed E-state index contributed by atoms with van der Waals surface area (Å²) in [5, 5.41) is 11.2. The molecule has 0 bridgehead atoms. The largest absolute Gasteiger partial charge is 0.507 e. The fraction of sp³-hybridized carbons (Fsp3) is 0.167. The topological polar surface area (TPSA) is 41.8 Å². The maximum absolute atomic E-state index is 11.2. The quantitative estimate of drug-likeness (QED) is 0.320. The van der Waals surface area contributed by atoms with Crippen LogP contribution in [0.3, 0.4) is 0 Å². The molecule has 33 heavy (non-hydrogen) atoms. The first-order valence-electron chi connectivity index (χ1n) is 11.1. The molecule has 0 spiro atoms. The van der Waals surface area contributed by atoms with E-state index in [1.54, 1.807) is 13.3 Å². The Morgan fingerprint density at radius 1 is 0.818 bits per heavy atom. The summed E-state index contributed by atoms with van der Waals surface area (Å²) in [6.45, 7) is 6.31. The fourth-order valence-corrected chi connectivity index (χ4v) is 4.21. The number of phenols is 1. The lowest BCUT2D eigenvalue weighted by Gasteiger charge is -2.28. The summed E-state index contributed by atoms with van der Waals surface area (Å²) in [4.78, 5) is 4.79. The summed E-state index contributed by atoms with van der Waals surface area (Å²) in [7, 11) is 1.67. The van der Waals surface area contributed by atoms with Gasteiger partial charge in [0.05, 0.1) is 12.8 Å². The van der Waals surface area contributed by atoms with E-state index in [1.807, 2.05) is 79.7 Å². The van der Waals surface area contributed by atoms with Crippen molar-refractivity contribution in [3.63, 3.8) is 0 Å². The van der Waals surface area contributed by atoms with Crippen molar-refractivity contribution >= 4 is 11.9 Å². The monoisotopic (exact) mass is 435 g/mol. The summed E-state index contributed by atoms with van der Waals surface area (Å²) in [5.41, 5.74) is 6.22. The highest BCUT2D eigenvalue weighted by atomic mass is 16.5. The molecule has 4 aromatic carbocycles. The number of para-hydroxylation sites is 2. The van der Waals surface area contributed by atoms with Gasteiger partial charge in [-0.3, -0.25) is 4.99 Å². The molecule has 4 rings (SSSR count). The van der Waals surface area contributed by atoms with E-state index in [1.165, 1.54) is 0 Å². The maximum atomic E-state index is 11.2. The Kier molecular flexibility index (Phi) is 6.32. The molecule has 0 fully saturated rings. The number of aliphatic imine (C=N–C) groups is 1. The van der Waals surface area contributed by atoms with Gasteiger partial charge in [-0.05, 0) is 36.2 Å². The van der Waals surface area contributed by atoms with Crippen molar-refractivity contribution in [2.45, 2.75) is 26.2 Å². The molecular weight excluding hydrogens is 406 g/mol. The van der Waals surface area contributed by atoms with Crippen LogP contribution in [0.15, 0.2) is 96.0 Å². The Morgan fingerprint density at radius 3 is 2.18 bits per heavy atom. The molecule has 0 unspecified atom stereocenters. The Morgan fingerprint density at radius 2 is 1.45 bits per heavy atom. The summed E-state index contributed by atoms with van der Waals surface area (Å²) >= 11 is 0. The third-order valence-electron chi connectivity index (χ3n) is 6.10. The number of rotatable bonds is 6. The first-order valence-corrected chi connectivity index (χ1v) is 11.1. The zero-order chi connectivity index (χ0) is 23.4. The van der Waals surface area contributed by atoms with Crippen LogP contribution in [0, 0.1) is 6.92 Å². The maximum Gasteiger partial charge on any atom is 0.128 e. The van der Waals surface area contributed by atoms with Crippen LogP contribution in [0.2, 0.25) is 0 Å². The fourth-order valence-electron chi connectivity index (χ4n) is 4.21. The van der Waals surface area contributed by atoms with E-state index in [9.17, 15) is 5.11 Å². The SMILES string of the molecule is COc1ccccc1-c1ccccc1N=Cc1cc(C)cc(C(C)(C)c2ccccc2)c1O. The van der Waals surface area contributed by atoms with Crippen LogP contribution in [0.25, 0.3) is 11.1 Å². The van der Waals surface area contributed by atoms with Gasteiger partial charge in [0, 0.05) is 33.9 Å². The van der Waals surface area contributed by atoms with Crippen LogP contribution in [0.5, 0.6) is 11.5 Å². The van der Waals surface area contributed by atoms with Crippen LogP contribution in [-0.2, 0) is 5.41 Å². The van der Waals surface area contributed by atoms with Gasteiger partial charge in [-0.15, -0.1) is 0 Å². The van der Waals surface area contributed by atoms with Gasteiger partial charge in [0.1, 0.15) is 11.5 Å². The van der Waals surface area contributed by atoms with Gasteiger partial charge < -0.3 is 9.84 Å². The lowest BCUT2D eigenvalue weighted by Crippen LogP contribution is -2.19. The van der Waals surface area contributed by atoms with Crippen molar-refractivity contribution in [1.82, 2.24) is 0 Å². The molecule has 4 aromatic rings. The van der Waals surface area contributed by atoms with Crippen LogP contribution in [0.4, 0.5) is 5.69 Å². The highest BCUT2D eigenvalue weighted by Gasteiger charge is 2.27. The van der Waals surface area contributed by atoms with E-state index >= 15 is 0 Å². The molecule has 0 aliphatic carbocycles. The number of hydrogen-bond donors (Lipinski definition) is 1. The smallest absolute Gasteiger partial charge is 0.128 e. The molecule has 0 aromatic heterocycles. The van der Waals surface area contributed by atoms with Gasteiger partial charge in [-0.25, -0.2) is 0 Å². The van der Waals surface area contributed by atoms with Crippen molar-refractivity contribution in [2.75, 3.05) is 7.11 Å². The second-order valence-electron chi connectivity index (χ2n) is 8.72. The average molecular weight is 436 g/mol. The molecule has 0 aliphatic heterocycles. The van der Waals surface area contributed by atoms with E-state index < -0.39 is 0 Å². The molecule has 0 atom stereocenters. The number of methoxy groups -OCH3 is 1. The van der Waals surface area contributed by atoms with Gasteiger partial charge in [-0.1, -0.05) is 86.6 Å². The molecule has 3 heteroatoms. The third-order valence-corrected chi connectivity index (χ3v) is 6.10.